The number of rotatable bonds is 5. The predicted octanol–water partition coefficient (Wildman–Crippen LogP) is 3.11. The first-order valence-corrected chi connectivity index (χ1v) is 7.48. The first kappa shape index (κ1) is 18.7. The molecule has 0 aliphatic heterocycles. The smallest absolute Gasteiger partial charge is 0.227 e. The van der Waals surface area contributed by atoms with Gasteiger partial charge in [0.2, 0.25) is 5.91 Å². The van der Waals surface area contributed by atoms with Crippen molar-refractivity contribution >= 4 is 18.3 Å². The molecule has 0 aromatic rings. The molecule has 1 aliphatic carbocycles. The van der Waals surface area contributed by atoms with Gasteiger partial charge in [-0.2, -0.15) is 0 Å². The Morgan fingerprint density at radius 1 is 1.16 bits per heavy atom. The van der Waals surface area contributed by atoms with Crippen LogP contribution in [0.3, 0.4) is 0 Å². The average Bonchev–Trinajstić information content (AvgIpc) is 2.30. The normalized spacial score (nSPS) is 27.5. The fourth-order valence-electron chi connectivity index (χ4n) is 3.36. The van der Waals surface area contributed by atoms with Gasteiger partial charge in [0, 0.05) is 12.6 Å². The Balaban J connectivity index is 0.00000324. The van der Waals surface area contributed by atoms with Crippen LogP contribution in [0.5, 0.6) is 0 Å². The standard InChI is InChI=1S/C15H30N2O.ClH/c1-5-15(6-2,10-16)14(18)17-13-8-11(3)7-12(4)9-13;/h11-13H,5-10,16H2,1-4H3,(H,17,18);1H. The van der Waals surface area contributed by atoms with Gasteiger partial charge in [-0.05, 0) is 43.9 Å². The quantitative estimate of drug-likeness (QED) is 0.817. The lowest BCUT2D eigenvalue weighted by atomic mass is 9.78. The summed E-state index contributed by atoms with van der Waals surface area (Å²) in [6, 6.07) is 0.347. The van der Waals surface area contributed by atoms with Crippen LogP contribution >= 0.6 is 12.4 Å². The lowest BCUT2D eigenvalue weighted by Gasteiger charge is -2.36. The van der Waals surface area contributed by atoms with Crippen LogP contribution in [-0.2, 0) is 4.79 Å². The van der Waals surface area contributed by atoms with E-state index >= 15 is 0 Å². The van der Waals surface area contributed by atoms with Crippen molar-refractivity contribution in [2.24, 2.45) is 23.0 Å². The van der Waals surface area contributed by atoms with Gasteiger partial charge >= 0.3 is 0 Å². The largest absolute Gasteiger partial charge is 0.353 e. The van der Waals surface area contributed by atoms with Crippen molar-refractivity contribution in [1.82, 2.24) is 5.32 Å². The van der Waals surface area contributed by atoms with E-state index in [1.165, 1.54) is 6.42 Å². The third kappa shape index (κ3) is 4.64. The van der Waals surface area contributed by atoms with Crippen LogP contribution in [0.15, 0.2) is 0 Å². The van der Waals surface area contributed by atoms with E-state index in [0.717, 1.165) is 37.5 Å². The van der Waals surface area contributed by atoms with Crippen molar-refractivity contribution in [2.45, 2.75) is 65.8 Å². The highest BCUT2D eigenvalue weighted by molar-refractivity contribution is 5.85. The number of carbonyl (C=O) groups excluding carboxylic acids is 1. The molecule has 0 bridgehead atoms. The highest BCUT2D eigenvalue weighted by atomic mass is 35.5. The molecule has 1 saturated carbocycles. The van der Waals surface area contributed by atoms with E-state index in [9.17, 15) is 4.79 Å². The van der Waals surface area contributed by atoms with Crippen LogP contribution in [0.1, 0.15) is 59.8 Å². The predicted molar refractivity (Wildman–Crippen MR) is 83.4 cm³/mol. The van der Waals surface area contributed by atoms with Crippen molar-refractivity contribution in [3.8, 4) is 0 Å². The van der Waals surface area contributed by atoms with Crippen molar-refractivity contribution in [3.63, 3.8) is 0 Å². The molecule has 114 valence electrons. The first-order valence-electron chi connectivity index (χ1n) is 7.48. The molecule has 1 aliphatic rings. The molecule has 1 amide bonds. The Bertz CT molecular complexity index is 261. The monoisotopic (exact) mass is 290 g/mol. The maximum absolute atomic E-state index is 12.4. The minimum Gasteiger partial charge on any atom is -0.353 e. The van der Waals surface area contributed by atoms with E-state index in [0.29, 0.717) is 12.6 Å². The highest BCUT2D eigenvalue weighted by Crippen LogP contribution is 2.30. The first-order chi connectivity index (χ1) is 8.47. The summed E-state index contributed by atoms with van der Waals surface area (Å²) in [6.45, 7) is 9.13. The third-order valence-electron chi connectivity index (χ3n) is 4.74. The van der Waals surface area contributed by atoms with Gasteiger partial charge in [-0.15, -0.1) is 12.4 Å². The van der Waals surface area contributed by atoms with Gasteiger partial charge in [-0.1, -0.05) is 27.7 Å². The van der Waals surface area contributed by atoms with E-state index in [-0.39, 0.29) is 23.7 Å². The molecule has 1 rings (SSSR count). The summed E-state index contributed by atoms with van der Waals surface area (Å²) < 4.78 is 0. The lowest BCUT2D eigenvalue weighted by molar-refractivity contribution is -0.132. The van der Waals surface area contributed by atoms with Crippen LogP contribution in [-0.4, -0.2) is 18.5 Å². The topological polar surface area (TPSA) is 55.1 Å². The summed E-state index contributed by atoms with van der Waals surface area (Å²) in [4.78, 5) is 12.4. The molecule has 0 heterocycles. The molecule has 0 radical (unpaired) electrons. The fourth-order valence-corrected chi connectivity index (χ4v) is 3.36. The van der Waals surface area contributed by atoms with Crippen molar-refractivity contribution < 1.29 is 4.79 Å². The van der Waals surface area contributed by atoms with E-state index in [1.807, 2.05) is 0 Å². The second kappa shape index (κ2) is 8.11. The molecule has 2 unspecified atom stereocenters. The van der Waals surface area contributed by atoms with Crippen molar-refractivity contribution in [1.29, 1.82) is 0 Å². The molecule has 0 aromatic carbocycles. The van der Waals surface area contributed by atoms with E-state index in [1.54, 1.807) is 0 Å². The van der Waals surface area contributed by atoms with E-state index in [2.05, 4.69) is 33.0 Å². The minimum absolute atomic E-state index is 0. The molecule has 2 atom stereocenters. The van der Waals surface area contributed by atoms with Gasteiger partial charge in [-0.3, -0.25) is 4.79 Å². The third-order valence-corrected chi connectivity index (χ3v) is 4.74. The number of halogens is 1. The SMILES string of the molecule is CCC(CC)(CN)C(=O)NC1CC(C)CC(C)C1.Cl. The number of nitrogens with two attached hydrogens (primary N) is 1. The Kier molecular flexibility index (Phi) is 7.99. The van der Waals surface area contributed by atoms with Crippen LogP contribution in [0.2, 0.25) is 0 Å². The Labute approximate surface area is 124 Å². The molecule has 3 N–H and O–H groups in total. The zero-order chi connectivity index (χ0) is 13.8. The molecular weight excluding hydrogens is 260 g/mol. The number of amides is 1. The summed E-state index contributed by atoms with van der Waals surface area (Å²) in [5.74, 6) is 1.60. The molecule has 4 heteroatoms. The molecule has 0 saturated heterocycles. The maximum Gasteiger partial charge on any atom is 0.227 e. The maximum atomic E-state index is 12.4. The second-order valence-corrected chi connectivity index (χ2v) is 6.28. The van der Waals surface area contributed by atoms with Crippen molar-refractivity contribution in [3.05, 3.63) is 0 Å². The number of nitrogens with one attached hydrogen (secondary N) is 1. The molecule has 0 spiro atoms. The molecule has 3 nitrogen and oxygen atoms in total. The number of carbonyl (C=O) groups is 1. The summed E-state index contributed by atoms with van der Waals surface area (Å²) in [6.07, 6.45) is 5.16. The minimum atomic E-state index is -0.357. The van der Waals surface area contributed by atoms with Gasteiger partial charge in [-0.25, -0.2) is 0 Å². The molecular formula is C15H31ClN2O. The van der Waals surface area contributed by atoms with Crippen LogP contribution < -0.4 is 11.1 Å². The lowest BCUT2D eigenvalue weighted by Crippen LogP contribution is -2.50. The van der Waals surface area contributed by atoms with E-state index in [4.69, 9.17) is 5.73 Å². The summed E-state index contributed by atoms with van der Waals surface area (Å²) in [5, 5.41) is 3.25. The number of hydrogen-bond acceptors (Lipinski definition) is 2. The van der Waals surface area contributed by atoms with Crippen LogP contribution in [0.4, 0.5) is 0 Å². The van der Waals surface area contributed by atoms with Gasteiger partial charge in [0.25, 0.3) is 0 Å². The Hall–Kier alpha value is -0.280. The zero-order valence-corrected chi connectivity index (χ0v) is 13.7. The summed E-state index contributed by atoms with van der Waals surface area (Å²) in [5.41, 5.74) is 5.47. The van der Waals surface area contributed by atoms with E-state index < -0.39 is 0 Å². The van der Waals surface area contributed by atoms with Gasteiger partial charge in [0.05, 0.1) is 5.41 Å². The Morgan fingerprint density at radius 2 is 1.63 bits per heavy atom. The van der Waals surface area contributed by atoms with Crippen molar-refractivity contribution in [2.75, 3.05) is 6.54 Å². The van der Waals surface area contributed by atoms with Gasteiger partial charge in [0.1, 0.15) is 0 Å². The van der Waals surface area contributed by atoms with Gasteiger partial charge < -0.3 is 11.1 Å². The number of hydrogen-bond donors (Lipinski definition) is 2. The van der Waals surface area contributed by atoms with Gasteiger partial charge in [0.15, 0.2) is 0 Å². The van der Waals surface area contributed by atoms with Crippen LogP contribution in [0, 0.1) is 17.3 Å². The second-order valence-electron chi connectivity index (χ2n) is 6.28. The highest BCUT2D eigenvalue weighted by Gasteiger charge is 2.35. The molecule has 1 fully saturated rings. The molecule has 19 heavy (non-hydrogen) atoms. The summed E-state index contributed by atoms with van der Waals surface area (Å²) in [7, 11) is 0. The van der Waals surface area contributed by atoms with Crippen LogP contribution in [0.25, 0.3) is 0 Å². The zero-order valence-electron chi connectivity index (χ0n) is 12.9. The Morgan fingerprint density at radius 3 is 2.00 bits per heavy atom. The molecule has 0 aromatic heterocycles. The average molecular weight is 291 g/mol. The fraction of sp³-hybridized carbons (Fsp3) is 0.933. The summed E-state index contributed by atoms with van der Waals surface area (Å²) >= 11 is 0.